The molecule has 0 radical (unpaired) electrons. The third kappa shape index (κ3) is 3.46. The van der Waals surface area contributed by atoms with Gasteiger partial charge in [0.15, 0.2) is 0 Å². The molecule has 18 heavy (non-hydrogen) atoms. The quantitative estimate of drug-likeness (QED) is 0.790. The molecule has 2 saturated carbocycles. The summed E-state index contributed by atoms with van der Waals surface area (Å²) in [6.07, 6.45) is 6.12. The summed E-state index contributed by atoms with van der Waals surface area (Å²) in [6, 6.07) is 0.761. The molecule has 0 saturated heterocycles. The molecule has 0 amide bonds. The minimum atomic E-state index is -0.143. The lowest BCUT2D eigenvalue weighted by Crippen LogP contribution is -2.46. The summed E-state index contributed by atoms with van der Waals surface area (Å²) in [5, 5.41) is 10.5. The summed E-state index contributed by atoms with van der Waals surface area (Å²) in [7, 11) is 1.77. The van der Waals surface area contributed by atoms with E-state index in [-0.39, 0.29) is 11.5 Å². The summed E-state index contributed by atoms with van der Waals surface area (Å²) >= 11 is 0. The highest BCUT2D eigenvalue weighted by atomic mass is 16.5. The molecule has 2 fully saturated rings. The van der Waals surface area contributed by atoms with Crippen LogP contribution in [0, 0.1) is 11.3 Å². The van der Waals surface area contributed by atoms with Crippen LogP contribution in [0.4, 0.5) is 0 Å². The smallest absolute Gasteiger partial charge is 0.0631 e. The van der Waals surface area contributed by atoms with Gasteiger partial charge in [-0.15, -0.1) is 0 Å². The molecule has 0 aromatic carbocycles. The molecular formula is C15H29NO2. The predicted octanol–water partition coefficient (Wildman–Crippen LogP) is 2.28. The molecular weight excluding hydrogens is 226 g/mol. The molecule has 1 N–H and O–H groups in total. The highest BCUT2D eigenvalue weighted by molar-refractivity contribution is 4.92. The number of nitrogens with zero attached hydrogens (tertiary/aromatic N) is 1. The first-order valence-corrected chi connectivity index (χ1v) is 7.45. The lowest BCUT2D eigenvalue weighted by molar-refractivity contribution is -0.0452. The fraction of sp³-hybridized carbons (Fsp3) is 1.00. The van der Waals surface area contributed by atoms with Gasteiger partial charge in [-0.2, -0.15) is 0 Å². The van der Waals surface area contributed by atoms with Gasteiger partial charge in [0.25, 0.3) is 0 Å². The summed E-state index contributed by atoms with van der Waals surface area (Å²) in [5.74, 6) is 0.450. The largest absolute Gasteiger partial charge is 0.392 e. The minimum Gasteiger partial charge on any atom is -0.392 e. The highest BCUT2D eigenvalue weighted by Crippen LogP contribution is 2.40. The van der Waals surface area contributed by atoms with E-state index >= 15 is 0 Å². The molecule has 2 rings (SSSR count). The van der Waals surface area contributed by atoms with Crippen LogP contribution in [-0.2, 0) is 4.74 Å². The first-order chi connectivity index (χ1) is 8.54. The fourth-order valence-electron chi connectivity index (χ4n) is 3.33. The Bertz CT molecular complexity index is 263. The molecule has 2 unspecified atom stereocenters. The van der Waals surface area contributed by atoms with Crippen molar-refractivity contribution in [3.05, 3.63) is 0 Å². The van der Waals surface area contributed by atoms with Crippen LogP contribution < -0.4 is 0 Å². The van der Waals surface area contributed by atoms with Crippen molar-refractivity contribution in [1.29, 1.82) is 0 Å². The molecule has 2 aliphatic carbocycles. The van der Waals surface area contributed by atoms with E-state index in [4.69, 9.17) is 4.74 Å². The van der Waals surface area contributed by atoms with E-state index in [1.807, 2.05) is 0 Å². The molecule has 2 atom stereocenters. The van der Waals surface area contributed by atoms with Gasteiger partial charge in [0.1, 0.15) is 0 Å². The van der Waals surface area contributed by atoms with Crippen LogP contribution in [0.1, 0.15) is 46.0 Å². The Morgan fingerprint density at radius 3 is 2.61 bits per heavy atom. The summed E-state index contributed by atoms with van der Waals surface area (Å²) < 4.78 is 5.20. The van der Waals surface area contributed by atoms with E-state index in [9.17, 15) is 5.11 Å². The van der Waals surface area contributed by atoms with Gasteiger partial charge in [0.05, 0.1) is 12.7 Å². The maximum Gasteiger partial charge on any atom is 0.0631 e. The zero-order valence-electron chi connectivity index (χ0n) is 12.2. The summed E-state index contributed by atoms with van der Waals surface area (Å²) in [5.41, 5.74) is 0.0966. The number of ether oxygens (including phenoxy) is 1. The summed E-state index contributed by atoms with van der Waals surface area (Å²) in [6.45, 7) is 7.30. The van der Waals surface area contributed by atoms with Crippen LogP contribution in [0.15, 0.2) is 0 Å². The zero-order valence-corrected chi connectivity index (χ0v) is 12.2. The number of hydrogen-bond acceptors (Lipinski definition) is 3. The highest BCUT2D eigenvalue weighted by Gasteiger charge is 2.40. The molecule has 0 heterocycles. The summed E-state index contributed by atoms with van der Waals surface area (Å²) in [4.78, 5) is 2.54. The van der Waals surface area contributed by atoms with Crippen molar-refractivity contribution < 1.29 is 9.84 Å². The van der Waals surface area contributed by atoms with E-state index < -0.39 is 0 Å². The van der Waals surface area contributed by atoms with Crippen molar-refractivity contribution in [2.75, 3.05) is 26.8 Å². The second kappa shape index (κ2) is 5.89. The van der Waals surface area contributed by atoms with Crippen molar-refractivity contribution in [3.63, 3.8) is 0 Å². The molecule has 0 aromatic rings. The third-order valence-corrected chi connectivity index (χ3v) is 4.76. The molecule has 2 aliphatic rings. The van der Waals surface area contributed by atoms with Crippen molar-refractivity contribution in [2.24, 2.45) is 11.3 Å². The van der Waals surface area contributed by atoms with Crippen LogP contribution in [-0.4, -0.2) is 49.0 Å². The van der Waals surface area contributed by atoms with Crippen molar-refractivity contribution in [2.45, 2.75) is 58.1 Å². The predicted molar refractivity (Wildman–Crippen MR) is 73.6 cm³/mol. The van der Waals surface area contributed by atoms with Crippen molar-refractivity contribution >= 4 is 0 Å². The molecule has 0 aromatic heterocycles. The number of aliphatic hydroxyl groups excluding tert-OH is 1. The maximum atomic E-state index is 10.5. The van der Waals surface area contributed by atoms with E-state index in [1.165, 1.54) is 25.7 Å². The Labute approximate surface area is 112 Å². The Morgan fingerprint density at radius 1 is 1.28 bits per heavy atom. The lowest BCUT2D eigenvalue weighted by Gasteiger charge is -2.42. The van der Waals surface area contributed by atoms with Crippen LogP contribution in [0.25, 0.3) is 0 Å². The monoisotopic (exact) mass is 255 g/mol. The number of hydrogen-bond donors (Lipinski definition) is 1. The van der Waals surface area contributed by atoms with Gasteiger partial charge in [0, 0.05) is 26.2 Å². The van der Waals surface area contributed by atoms with Crippen LogP contribution in [0.5, 0.6) is 0 Å². The Hall–Kier alpha value is -0.120. The second-order valence-corrected chi connectivity index (χ2v) is 6.80. The molecule has 3 nitrogen and oxygen atoms in total. The van der Waals surface area contributed by atoms with Gasteiger partial charge in [-0.3, -0.25) is 4.90 Å². The molecule has 0 spiro atoms. The van der Waals surface area contributed by atoms with E-state index in [0.717, 1.165) is 32.2 Å². The Morgan fingerprint density at radius 2 is 2.00 bits per heavy atom. The second-order valence-electron chi connectivity index (χ2n) is 6.80. The van der Waals surface area contributed by atoms with Crippen LogP contribution in [0.2, 0.25) is 0 Å². The minimum absolute atomic E-state index is 0.0966. The van der Waals surface area contributed by atoms with E-state index in [2.05, 4.69) is 18.7 Å². The third-order valence-electron chi connectivity index (χ3n) is 4.76. The first kappa shape index (κ1) is 14.3. The van der Waals surface area contributed by atoms with Gasteiger partial charge in [-0.25, -0.2) is 0 Å². The normalized spacial score (nSPS) is 31.8. The van der Waals surface area contributed by atoms with Gasteiger partial charge < -0.3 is 9.84 Å². The first-order valence-electron chi connectivity index (χ1n) is 7.45. The van der Waals surface area contributed by atoms with Gasteiger partial charge >= 0.3 is 0 Å². The number of aliphatic hydroxyl groups is 1. The standard InChI is InChI=1S/C15H29NO2/c1-15(2)8-4-5-12(14(15)17)11-16(9-10-18-3)13-6-7-13/h12-14,17H,4-11H2,1-3H3. The zero-order chi connectivity index (χ0) is 13.2. The van der Waals surface area contributed by atoms with Gasteiger partial charge in [-0.05, 0) is 37.0 Å². The molecule has 106 valence electrons. The maximum absolute atomic E-state index is 10.5. The van der Waals surface area contributed by atoms with Crippen LogP contribution >= 0.6 is 0 Å². The number of methoxy groups -OCH3 is 1. The van der Waals surface area contributed by atoms with Gasteiger partial charge in [0.2, 0.25) is 0 Å². The average molecular weight is 255 g/mol. The lowest BCUT2D eigenvalue weighted by atomic mass is 9.69. The average Bonchev–Trinajstić information content (AvgIpc) is 3.14. The Balaban J connectivity index is 1.89. The van der Waals surface area contributed by atoms with Crippen molar-refractivity contribution in [3.8, 4) is 0 Å². The SMILES string of the molecule is COCCN(CC1CCCC(C)(C)C1O)C1CC1. The fourth-order valence-corrected chi connectivity index (χ4v) is 3.33. The molecule has 0 bridgehead atoms. The topological polar surface area (TPSA) is 32.7 Å². The number of rotatable bonds is 6. The Kier molecular flexibility index (Phi) is 4.68. The van der Waals surface area contributed by atoms with Crippen molar-refractivity contribution in [1.82, 2.24) is 4.90 Å². The van der Waals surface area contributed by atoms with E-state index in [1.54, 1.807) is 7.11 Å². The molecule has 0 aliphatic heterocycles. The van der Waals surface area contributed by atoms with E-state index in [0.29, 0.717) is 5.92 Å². The van der Waals surface area contributed by atoms with Crippen LogP contribution in [0.3, 0.4) is 0 Å². The molecule has 3 heteroatoms. The van der Waals surface area contributed by atoms with Gasteiger partial charge in [-0.1, -0.05) is 20.3 Å².